The highest BCUT2D eigenvalue weighted by molar-refractivity contribution is 5.92. The topological polar surface area (TPSA) is 335 Å². The fourth-order valence-corrected chi connectivity index (χ4v) is 7.87. The number of ketones is 3. The minimum Gasteiger partial charge on any atom is -0.481 e. The molecule has 3 atom stereocenters. The largest absolute Gasteiger partial charge is 0.481 e. The molecule has 1 aromatic rings. The maximum absolute atomic E-state index is 13.1. The Balaban J connectivity index is 0. The molecule has 0 bridgehead atoms. The number of unbranched alkanes of at least 4 members (excludes halogenated alkanes) is 14. The van der Waals surface area contributed by atoms with E-state index in [1.165, 1.54) is 64.6 Å². The Kier molecular flexibility index (Phi) is 45.2. The highest BCUT2D eigenvalue weighted by Gasteiger charge is 2.28. The molecule has 1 aromatic heterocycles. The molecular weight excluding hydrogens is 1000 g/mol. The van der Waals surface area contributed by atoms with Gasteiger partial charge in [0.05, 0.1) is 78.4 Å². The third-order valence-electron chi connectivity index (χ3n) is 12.4. The van der Waals surface area contributed by atoms with Crippen LogP contribution in [0.4, 0.5) is 0 Å². The summed E-state index contributed by atoms with van der Waals surface area (Å²) in [5, 5.41) is 29.2. The number of Topliss-reactive ketones (excluding diaryl/α,β-unsaturated/α-hetero) is 3. The number of rotatable bonds is 56. The molecule has 1 heterocycles. The number of aliphatic hydroxyl groups is 1. The van der Waals surface area contributed by atoms with Crippen LogP contribution in [0.25, 0.3) is 0 Å². The van der Waals surface area contributed by atoms with Gasteiger partial charge >= 0.3 is 5.97 Å². The second-order valence-corrected chi connectivity index (χ2v) is 19.1. The summed E-state index contributed by atoms with van der Waals surface area (Å²) in [5.74, 6) is -4.00. The van der Waals surface area contributed by atoms with Crippen molar-refractivity contribution in [1.29, 1.82) is 0 Å². The molecule has 9 N–H and O–H groups in total. The number of nitrogens with zero attached hydrogens (tertiary/aromatic N) is 1. The maximum Gasteiger partial charge on any atom is 0.303 e. The fourth-order valence-electron chi connectivity index (χ4n) is 7.87. The highest BCUT2D eigenvalue weighted by atomic mass is 16.5. The van der Waals surface area contributed by atoms with Gasteiger partial charge < -0.3 is 70.6 Å². The van der Waals surface area contributed by atoms with Crippen molar-refractivity contribution in [3.05, 3.63) is 18.2 Å². The van der Waals surface area contributed by atoms with Gasteiger partial charge in [-0.05, 0) is 32.6 Å². The molecule has 23 heteroatoms. The summed E-state index contributed by atoms with van der Waals surface area (Å²) in [6.45, 7) is 3.84. The lowest BCUT2D eigenvalue weighted by atomic mass is 9.85. The van der Waals surface area contributed by atoms with Gasteiger partial charge in [-0.1, -0.05) is 83.5 Å². The second-order valence-electron chi connectivity index (χ2n) is 19.1. The van der Waals surface area contributed by atoms with Crippen LogP contribution >= 0.6 is 0 Å². The van der Waals surface area contributed by atoms with Crippen LogP contribution in [0, 0.1) is 11.8 Å². The third kappa shape index (κ3) is 43.9. The van der Waals surface area contributed by atoms with Crippen LogP contribution in [0.5, 0.6) is 0 Å². The quantitative estimate of drug-likeness (QED) is 0.0432. The molecule has 4 amide bonds. The number of aliphatic hydroxyl groups excluding tert-OH is 1. The number of hydrogen-bond donors (Lipinski definition) is 8. The second kappa shape index (κ2) is 49.5. The fraction of sp³-hybridized carbons (Fsp3) is 0.796. The Labute approximate surface area is 459 Å². The molecule has 0 fully saturated rings. The van der Waals surface area contributed by atoms with E-state index in [1.807, 2.05) is 0 Å². The Morgan fingerprint density at radius 1 is 0.532 bits per heavy atom. The van der Waals surface area contributed by atoms with Crippen LogP contribution in [0.15, 0.2) is 12.5 Å². The molecule has 446 valence electrons. The number of amides is 4. The van der Waals surface area contributed by atoms with Crippen molar-refractivity contribution in [2.45, 2.75) is 154 Å². The Hall–Kier alpha value is -4.75. The summed E-state index contributed by atoms with van der Waals surface area (Å²) in [6.07, 6.45) is 21.3. The summed E-state index contributed by atoms with van der Waals surface area (Å²) < 4.78 is 32.3. The van der Waals surface area contributed by atoms with Crippen molar-refractivity contribution in [2.75, 3.05) is 112 Å². The van der Waals surface area contributed by atoms with Crippen LogP contribution in [-0.2, 0) is 73.2 Å². The first-order chi connectivity index (χ1) is 37.3. The molecule has 0 radical (unpaired) electrons. The van der Waals surface area contributed by atoms with E-state index in [1.54, 1.807) is 6.20 Å². The van der Waals surface area contributed by atoms with E-state index in [9.17, 15) is 43.5 Å². The average molecular weight is 1100 g/mol. The van der Waals surface area contributed by atoms with Crippen molar-refractivity contribution >= 4 is 46.9 Å². The summed E-state index contributed by atoms with van der Waals surface area (Å²) in [7, 11) is 0. The number of imidazole rings is 1. The molecule has 77 heavy (non-hydrogen) atoms. The first kappa shape index (κ1) is 70.3. The first-order valence-electron chi connectivity index (χ1n) is 28.0. The van der Waals surface area contributed by atoms with E-state index in [-0.39, 0.29) is 149 Å². The van der Waals surface area contributed by atoms with Gasteiger partial charge in [0.2, 0.25) is 23.6 Å². The Morgan fingerprint density at radius 2 is 0.948 bits per heavy atom. The molecule has 0 unspecified atom stereocenters. The Bertz CT molecular complexity index is 1740. The number of aromatic nitrogens is 2. The number of nitrogens with two attached hydrogens (primary N) is 1. The molecule has 0 saturated carbocycles. The van der Waals surface area contributed by atoms with E-state index in [0.717, 1.165) is 38.5 Å². The van der Waals surface area contributed by atoms with Crippen molar-refractivity contribution in [1.82, 2.24) is 31.2 Å². The summed E-state index contributed by atoms with van der Waals surface area (Å²) in [5.41, 5.74) is 6.79. The smallest absolute Gasteiger partial charge is 0.303 e. The van der Waals surface area contributed by atoms with Crippen LogP contribution in [0.3, 0.4) is 0 Å². The number of ether oxygens (including phenoxy) is 6. The molecule has 23 nitrogen and oxygen atoms in total. The van der Waals surface area contributed by atoms with E-state index >= 15 is 0 Å². The van der Waals surface area contributed by atoms with E-state index in [4.69, 9.17) is 39.3 Å². The SMILES string of the molecule is CC(=O)[C@H](CO)CC(=O)[C@H](CCCCNC(=O)COCCOCCNC(=O)COCCOCCNC(=O)COCCOCCNC(=O)CCCCCCCCCCCCCCCCC(=O)O)CC(=O)[C@@H](N)Cc1cnc[nH]1.[HH].[HH]. The van der Waals surface area contributed by atoms with Crippen LogP contribution in [0.2, 0.25) is 0 Å². The first-order valence-corrected chi connectivity index (χ1v) is 28.0. The number of aromatic amines is 1. The molecule has 0 aliphatic rings. The van der Waals surface area contributed by atoms with Gasteiger partial charge in [0.25, 0.3) is 0 Å². The number of carboxylic acid groups (broad SMARTS) is 1. The van der Waals surface area contributed by atoms with Crippen molar-refractivity contribution in [3.63, 3.8) is 0 Å². The van der Waals surface area contributed by atoms with Crippen LogP contribution in [0.1, 0.15) is 150 Å². The summed E-state index contributed by atoms with van der Waals surface area (Å²) in [4.78, 5) is 103. The van der Waals surface area contributed by atoms with Gasteiger partial charge in [-0.15, -0.1) is 0 Å². The summed E-state index contributed by atoms with van der Waals surface area (Å²) >= 11 is 0. The van der Waals surface area contributed by atoms with Gasteiger partial charge in [0.1, 0.15) is 31.4 Å². The number of H-pyrrole nitrogens is 1. The van der Waals surface area contributed by atoms with Gasteiger partial charge in [-0.25, -0.2) is 4.98 Å². The molecule has 0 saturated heterocycles. The van der Waals surface area contributed by atoms with Crippen LogP contribution in [-0.4, -0.2) is 185 Å². The predicted octanol–water partition coefficient (Wildman–Crippen LogP) is 3.56. The minimum absolute atomic E-state index is 0. The molecule has 0 aliphatic heterocycles. The zero-order chi connectivity index (χ0) is 56.4. The number of carboxylic acids is 1. The van der Waals surface area contributed by atoms with Gasteiger partial charge in [-0.3, -0.25) is 38.4 Å². The van der Waals surface area contributed by atoms with Crippen LogP contribution < -0.4 is 27.0 Å². The van der Waals surface area contributed by atoms with Crippen molar-refractivity contribution in [2.24, 2.45) is 17.6 Å². The summed E-state index contributed by atoms with van der Waals surface area (Å²) in [6, 6.07) is -0.834. The zero-order valence-electron chi connectivity index (χ0n) is 46.1. The van der Waals surface area contributed by atoms with Gasteiger partial charge in [-0.2, -0.15) is 0 Å². The molecule has 0 aromatic carbocycles. The normalized spacial score (nSPS) is 12.4. The standard InChI is InChI=1S/C54H95N7O16.2H2/c1-43(63)45(38-62)35-48(64)44(34-49(65)47(55)36-46-37-56-42-61-46)18-16-17-21-57-51(67)39-75-31-29-73-26-23-59-53(69)41-77-33-30-74-27-24-60-52(68)40-76-32-28-72-25-22-58-50(66)19-14-12-10-8-6-4-2-3-5-7-9-11-13-15-20-54(70)71;;/h37,42,44-45,47,62H,2-36,38-41,55H2,1H3,(H,56,61)(H,57,67)(H,58,66)(H,59,69)(H,60,68)(H,70,71);2*1H/t44-,45+,47+;;/m1../s1. The van der Waals surface area contributed by atoms with Gasteiger partial charge in [0.15, 0.2) is 5.78 Å². The number of aliphatic carboxylic acids is 1. The minimum atomic E-state index is -0.834. The zero-order valence-corrected chi connectivity index (χ0v) is 46.1. The van der Waals surface area contributed by atoms with E-state index < -0.39 is 30.5 Å². The highest BCUT2D eigenvalue weighted by Crippen LogP contribution is 2.21. The van der Waals surface area contributed by atoms with E-state index in [2.05, 4.69) is 31.2 Å². The lowest BCUT2D eigenvalue weighted by Crippen LogP contribution is -2.36. The van der Waals surface area contributed by atoms with Crippen molar-refractivity contribution in [3.8, 4) is 0 Å². The number of hydrogen-bond acceptors (Lipinski definition) is 17. The maximum atomic E-state index is 13.1. The number of carbonyl (C=O) groups is 8. The van der Waals surface area contributed by atoms with Gasteiger partial charge in [0, 0.05) is 84.9 Å². The van der Waals surface area contributed by atoms with Crippen molar-refractivity contribution < 1.29 is 79.8 Å². The average Bonchev–Trinajstić information content (AvgIpc) is 3.92. The Morgan fingerprint density at radius 3 is 1.38 bits per heavy atom. The molecular formula is C54H99N7O16. The molecule has 0 aliphatic carbocycles. The third-order valence-corrected chi connectivity index (χ3v) is 12.4. The van der Waals surface area contributed by atoms with E-state index in [0.29, 0.717) is 57.7 Å². The lowest BCUT2D eigenvalue weighted by Gasteiger charge is -2.19. The molecule has 0 spiro atoms. The molecule has 1 rings (SSSR count). The predicted molar refractivity (Wildman–Crippen MR) is 291 cm³/mol. The number of carbonyl (C=O) groups excluding carboxylic acids is 7. The number of nitrogens with one attached hydrogen (secondary N) is 5. The lowest BCUT2D eigenvalue weighted by molar-refractivity contribution is -0.137. The monoisotopic (exact) mass is 1100 g/mol.